The second-order valence-corrected chi connectivity index (χ2v) is 5.47. The van der Waals surface area contributed by atoms with Gasteiger partial charge in [0.05, 0.1) is 0 Å². The first kappa shape index (κ1) is 13.8. The molecule has 3 heteroatoms. The molecular formula is C18H19NO2. The SMILES string of the molecule is COC1(CCNC(C)=O)C=CC2=c3ccccc3=CC2=C1. The third-order valence-electron chi connectivity index (χ3n) is 4.07. The molecule has 0 heterocycles. The van der Waals surface area contributed by atoms with E-state index in [-0.39, 0.29) is 5.91 Å². The van der Waals surface area contributed by atoms with Crippen LogP contribution >= 0.6 is 0 Å². The van der Waals surface area contributed by atoms with E-state index in [1.165, 1.54) is 28.5 Å². The van der Waals surface area contributed by atoms with Crippen LogP contribution in [0.5, 0.6) is 0 Å². The van der Waals surface area contributed by atoms with Crippen LogP contribution in [0.25, 0.3) is 11.6 Å². The number of carbonyl (C=O) groups is 1. The van der Waals surface area contributed by atoms with Crippen LogP contribution in [0.1, 0.15) is 13.3 Å². The van der Waals surface area contributed by atoms with E-state index in [4.69, 9.17) is 4.74 Å². The predicted octanol–water partition coefficient (Wildman–Crippen LogP) is 1.04. The number of carbonyl (C=O) groups excluding carboxylic acids is 1. The molecule has 1 unspecified atom stereocenters. The van der Waals surface area contributed by atoms with Gasteiger partial charge in [0, 0.05) is 27.0 Å². The summed E-state index contributed by atoms with van der Waals surface area (Å²) in [4.78, 5) is 11.0. The Kier molecular flexibility index (Phi) is 3.52. The average molecular weight is 281 g/mol. The number of amides is 1. The van der Waals surface area contributed by atoms with Crippen LogP contribution in [0.15, 0.2) is 48.1 Å². The summed E-state index contributed by atoms with van der Waals surface area (Å²) in [6.45, 7) is 2.13. The number of allylic oxidation sites excluding steroid dienone is 2. The van der Waals surface area contributed by atoms with E-state index < -0.39 is 5.60 Å². The van der Waals surface area contributed by atoms with Gasteiger partial charge in [0.15, 0.2) is 0 Å². The molecule has 108 valence electrons. The van der Waals surface area contributed by atoms with Crippen LogP contribution in [-0.2, 0) is 9.53 Å². The van der Waals surface area contributed by atoms with E-state index >= 15 is 0 Å². The second-order valence-electron chi connectivity index (χ2n) is 5.47. The predicted molar refractivity (Wildman–Crippen MR) is 83.8 cm³/mol. The highest BCUT2D eigenvalue weighted by molar-refractivity contribution is 5.89. The van der Waals surface area contributed by atoms with Gasteiger partial charge in [-0.2, -0.15) is 0 Å². The largest absolute Gasteiger partial charge is 0.370 e. The summed E-state index contributed by atoms with van der Waals surface area (Å²) in [6, 6.07) is 8.38. The van der Waals surface area contributed by atoms with Gasteiger partial charge >= 0.3 is 0 Å². The molecular weight excluding hydrogens is 262 g/mol. The second kappa shape index (κ2) is 5.34. The Labute approximate surface area is 124 Å². The van der Waals surface area contributed by atoms with Gasteiger partial charge in [-0.1, -0.05) is 30.3 Å². The summed E-state index contributed by atoms with van der Waals surface area (Å²) in [5.74, 6) is -0.0132. The van der Waals surface area contributed by atoms with Gasteiger partial charge in [-0.25, -0.2) is 0 Å². The molecule has 3 nitrogen and oxygen atoms in total. The molecule has 0 saturated carbocycles. The van der Waals surface area contributed by atoms with Crippen LogP contribution in [-0.4, -0.2) is 25.2 Å². The summed E-state index contributed by atoms with van der Waals surface area (Å²) >= 11 is 0. The molecule has 1 atom stereocenters. The molecule has 1 N–H and O–H groups in total. The molecule has 0 spiro atoms. The molecule has 1 amide bonds. The fourth-order valence-electron chi connectivity index (χ4n) is 2.93. The van der Waals surface area contributed by atoms with Crippen molar-refractivity contribution in [2.45, 2.75) is 18.9 Å². The zero-order valence-corrected chi connectivity index (χ0v) is 12.3. The standard InChI is InChI=1S/C18H19NO2/c1-13(20)19-10-9-18(21-2)8-7-17-15(12-18)11-14-5-3-4-6-16(14)17/h3-8,11-12H,9-10H2,1-2H3,(H,19,20). The van der Waals surface area contributed by atoms with Crippen molar-refractivity contribution < 1.29 is 9.53 Å². The molecule has 1 aromatic rings. The Morgan fingerprint density at radius 1 is 1.33 bits per heavy atom. The normalized spacial score (nSPS) is 22.2. The summed E-state index contributed by atoms with van der Waals surface area (Å²) in [6.07, 6.45) is 9.30. The molecule has 3 rings (SSSR count). The van der Waals surface area contributed by atoms with Gasteiger partial charge in [0.1, 0.15) is 5.60 Å². The maximum atomic E-state index is 11.0. The molecule has 0 bridgehead atoms. The summed E-state index contributed by atoms with van der Waals surface area (Å²) in [5.41, 5.74) is 2.00. The van der Waals surface area contributed by atoms with E-state index in [2.05, 4.69) is 53.9 Å². The van der Waals surface area contributed by atoms with Gasteiger partial charge in [-0.15, -0.1) is 0 Å². The minimum absolute atomic E-state index is 0.0132. The van der Waals surface area contributed by atoms with Crippen LogP contribution in [0.2, 0.25) is 0 Å². The number of ether oxygens (including phenoxy) is 1. The van der Waals surface area contributed by atoms with E-state index in [1.54, 1.807) is 7.11 Å². The van der Waals surface area contributed by atoms with Gasteiger partial charge in [-0.05, 0) is 39.8 Å². The van der Waals surface area contributed by atoms with Crippen molar-refractivity contribution in [1.82, 2.24) is 5.32 Å². The van der Waals surface area contributed by atoms with E-state index in [0.717, 1.165) is 6.42 Å². The molecule has 1 aromatic carbocycles. The monoisotopic (exact) mass is 281 g/mol. The number of rotatable bonds is 4. The Hall–Kier alpha value is -2.13. The minimum Gasteiger partial charge on any atom is -0.370 e. The Morgan fingerprint density at radius 2 is 2.14 bits per heavy atom. The minimum atomic E-state index is -0.445. The Balaban J connectivity index is 1.92. The first-order chi connectivity index (χ1) is 10.1. The zero-order chi connectivity index (χ0) is 14.9. The fraction of sp³-hybridized carbons (Fsp3) is 0.278. The molecule has 2 aliphatic rings. The molecule has 0 saturated heterocycles. The first-order valence-corrected chi connectivity index (χ1v) is 7.17. The maximum Gasteiger partial charge on any atom is 0.216 e. The van der Waals surface area contributed by atoms with Crippen molar-refractivity contribution in [2.75, 3.05) is 13.7 Å². The number of fused-ring (bicyclic) bond motifs is 2. The van der Waals surface area contributed by atoms with Crippen molar-refractivity contribution >= 4 is 17.6 Å². The zero-order valence-electron chi connectivity index (χ0n) is 12.3. The lowest BCUT2D eigenvalue weighted by Crippen LogP contribution is -2.34. The summed E-state index contributed by atoms with van der Waals surface area (Å²) < 4.78 is 5.72. The number of hydrogen-bond acceptors (Lipinski definition) is 2. The third-order valence-corrected chi connectivity index (χ3v) is 4.07. The highest BCUT2D eigenvalue weighted by atomic mass is 16.5. The molecule has 0 aromatic heterocycles. The molecule has 21 heavy (non-hydrogen) atoms. The van der Waals surface area contributed by atoms with Crippen molar-refractivity contribution in [3.63, 3.8) is 0 Å². The van der Waals surface area contributed by atoms with Gasteiger partial charge in [0.2, 0.25) is 5.91 Å². The van der Waals surface area contributed by atoms with Crippen molar-refractivity contribution in [3.05, 3.63) is 58.5 Å². The van der Waals surface area contributed by atoms with Crippen molar-refractivity contribution in [2.24, 2.45) is 0 Å². The Bertz CT molecular complexity index is 758. The lowest BCUT2D eigenvalue weighted by molar-refractivity contribution is -0.119. The molecule has 0 fully saturated rings. The van der Waals surface area contributed by atoms with Crippen molar-refractivity contribution in [3.8, 4) is 0 Å². The average Bonchev–Trinajstić information content (AvgIpc) is 2.84. The number of benzene rings is 1. The molecule has 0 radical (unpaired) electrons. The quantitative estimate of drug-likeness (QED) is 0.895. The highest BCUT2D eigenvalue weighted by Gasteiger charge is 2.28. The van der Waals surface area contributed by atoms with E-state index in [0.29, 0.717) is 6.54 Å². The first-order valence-electron chi connectivity index (χ1n) is 7.17. The van der Waals surface area contributed by atoms with Gasteiger partial charge < -0.3 is 10.1 Å². The lowest BCUT2D eigenvalue weighted by atomic mass is 9.88. The van der Waals surface area contributed by atoms with Gasteiger partial charge in [-0.3, -0.25) is 4.79 Å². The van der Waals surface area contributed by atoms with Crippen LogP contribution < -0.4 is 15.8 Å². The van der Waals surface area contributed by atoms with E-state index in [1.807, 2.05) is 0 Å². The summed E-state index contributed by atoms with van der Waals surface area (Å²) in [7, 11) is 1.71. The number of hydrogen-bond donors (Lipinski definition) is 1. The summed E-state index contributed by atoms with van der Waals surface area (Å²) in [5, 5.41) is 5.35. The fourth-order valence-corrected chi connectivity index (χ4v) is 2.93. The van der Waals surface area contributed by atoms with Crippen LogP contribution in [0, 0.1) is 0 Å². The topological polar surface area (TPSA) is 38.3 Å². The van der Waals surface area contributed by atoms with E-state index in [9.17, 15) is 4.79 Å². The maximum absolute atomic E-state index is 11.0. The molecule has 2 aliphatic carbocycles. The third kappa shape index (κ3) is 2.57. The number of methoxy groups -OCH3 is 1. The molecule has 0 aliphatic heterocycles. The van der Waals surface area contributed by atoms with Crippen LogP contribution in [0.3, 0.4) is 0 Å². The highest BCUT2D eigenvalue weighted by Crippen LogP contribution is 2.31. The van der Waals surface area contributed by atoms with Crippen molar-refractivity contribution in [1.29, 1.82) is 0 Å². The smallest absolute Gasteiger partial charge is 0.216 e. The number of nitrogens with one attached hydrogen (secondary N) is 1. The van der Waals surface area contributed by atoms with Crippen LogP contribution in [0.4, 0.5) is 0 Å². The lowest BCUT2D eigenvalue weighted by Gasteiger charge is -2.29. The Morgan fingerprint density at radius 3 is 2.90 bits per heavy atom. The van der Waals surface area contributed by atoms with Gasteiger partial charge in [0.25, 0.3) is 0 Å².